The first-order valence-electron chi connectivity index (χ1n) is 5.98. The third kappa shape index (κ3) is 1.45. The molecule has 0 spiro atoms. The van der Waals surface area contributed by atoms with Gasteiger partial charge in [0.15, 0.2) is 0 Å². The Kier molecular flexibility index (Phi) is 2.55. The van der Waals surface area contributed by atoms with Gasteiger partial charge in [-0.2, -0.15) is 0 Å². The predicted octanol–water partition coefficient (Wildman–Crippen LogP) is 3.90. The van der Waals surface area contributed by atoms with Crippen LogP contribution in [0.15, 0.2) is 24.3 Å². The van der Waals surface area contributed by atoms with E-state index in [0.717, 1.165) is 35.5 Å². The van der Waals surface area contributed by atoms with Gasteiger partial charge in [0.25, 0.3) is 0 Å². The lowest BCUT2D eigenvalue weighted by Crippen LogP contribution is -2.35. The fourth-order valence-electron chi connectivity index (χ4n) is 2.97. The fraction of sp³-hybridized carbons (Fsp3) is 0.714. The number of fused-ring (bicyclic) bond motifs is 1. The van der Waals surface area contributed by atoms with Crippen molar-refractivity contribution in [2.75, 3.05) is 0 Å². The molecule has 14 heavy (non-hydrogen) atoms. The molecule has 2 rings (SSSR count). The van der Waals surface area contributed by atoms with E-state index >= 15 is 0 Å². The molecule has 0 saturated heterocycles. The first-order valence-corrected chi connectivity index (χ1v) is 5.98. The molecule has 0 heteroatoms. The second-order valence-corrected chi connectivity index (χ2v) is 5.36. The van der Waals surface area contributed by atoms with Gasteiger partial charge in [-0.05, 0) is 35.5 Å². The predicted molar refractivity (Wildman–Crippen MR) is 61.9 cm³/mol. The Morgan fingerprint density at radius 2 is 0.929 bits per heavy atom. The molecule has 0 amide bonds. The molecular formula is C14H22. The normalized spacial score (nSPS) is 51.7. The summed E-state index contributed by atoms with van der Waals surface area (Å²) in [5.74, 6) is 4.72. The first kappa shape index (κ1) is 10.0. The molecule has 0 fully saturated rings. The minimum Gasteiger partial charge on any atom is -0.0851 e. The largest absolute Gasteiger partial charge is 0.0851 e. The highest BCUT2D eigenvalue weighted by atomic mass is 14.4. The Morgan fingerprint density at radius 1 is 0.571 bits per heavy atom. The Morgan fingerprint density at radius 3 is 1.29 bits per heavy atom. The highest BCUT2D eigenvalue weighted by molar-refractivity contribution is 5.14. The first-order chi connectivity index (χ1) is 6.61. The molecule has 0 radical (unpaired) electrons. The van der Waals surface area contributed by atoms with E-state index < -0.39 is 0 Å². The summed E-state index contributed by atoms with van der Waals surface area (Å²) < 4.78 is 0. The topological polar surface area (TPSA) is 0 Å². The van der Waals surface area contributed by atoms with E-state index in [1.54, 1.807) is 0 Å². The standard InChI is InChI=1S/C14H22/c1-9-5-7-14-12(4)10(2)6-8-13(14)11(9)3/h5-14H,1-4H3. The molecule has 78 valence electrons. The molecule has 6 unspecified atom stereocenters. The molecule has 0 heterocycles. The third-order valence-corrected chi connectivity index (χ3v) is 4.59. The number of hydrogen-bond donors (Lipinski definition) is 0. The van der Waals surface area contributed by atoms with Crippen LogP contribution in [0, 0.1) is 35.5 Å². The van der Waals surface area contributed by atoms with Crippen molar-refractivity contribution in [1.29, 1.82) is 0 Å². The van der Waals surface area contributed by atoms with Gasteiger partial charge in [-0.1, -0.05) is 52.0 Å². The van der Waals surface area contributed by atoms with Crippen molar-refractivity contribution in [1.82, 2.24) is 0 Å². The van der Waals surface area contributed by atoms with E-state index in [1.807, 2.05) is 0 Å². The Labute approximate surface area is 88.1 Å². The zero-order valence-electron chi connectivity index (χ0n) is 9.77. The summed E-state index contributed by atoms with van der Waals surface area (Å²) >= 11 is 0. The number of rotatable bonds is 0. The summed E-state index contributed by atoms with van der Waals surface area (Å²) in [4.78, 5) is 0. The van der Waals surface area contributed by atoms with Crippen molar-refractivity contribution >= 4 is 0 Å². The van der Waals surface area contributed by atoms with E-state index in [4.69, 9.17) is 0 Å². The SMILES string of the molecule is CC1C=CC2C(C)C(C)C=CC2C1C. The molecule has 0 N–H and O–H groups in total. The average Bonchev–Trinajstić information content (AvgIpc) is 2.17. The summed E-state index contributed by atoms with van der Waals surface area (Å²) in [6, 6.07) is 0. The molecule has 0 aromatic heterocycles. The van der Waals surface area contributed by atoms with E-state index in [2.05, 4.69) is 52.0 Å². The van der Waals surface area contributed by atoms with Crippen LogP contribution in [-0.4, -0.2) is 0 Å². The summed E-state index contributed by atoms with van der Waals surface area (Å²) in [5.41, 5.74) is 0. The Bertz CT molecular complexity index is 233. The lowest BCUT2D eigenvalue weighted by atomic mass is 9.63. The second kappa shape index (κ2) is 3.56. The van der Waals surface area contributed by atoms with Crippen molar-refractivity contribution in [2.45, 2.75) is 27.7 Å². The van der Waals surface area contributed by atoms with E-state index in [9.17, 15) is 0 Å². The van der Waals surface area contributed by atoms with Crippen LogP contribution < -0.4 is 0 Å². The molecule has 0 aromatic carbocycles. The van der Waals surface area contributed by atoms with Gasteiger partial charge in [-0.25, -0.2) is 0 Å². The average molecular weight is 190 g/mol. The molecule has 0 aliphatic heterocycles. The minimum absolute atomic E-state index is 0.751. The van der Waals surface area contributed by atoms with Crippen LogP contribution in [0.5, 0.6) is 0 Å². The highest BCUT2D eigenvalue weighted by Gasteiger charge is 2.36. The molecule has 0 nitrogen and oxygen atoms in total. The molecule has 0 aromatic rings. The van der Waals surface area contributed by atoms with Gasteiger partial charge in [0.1, 0.15) is 0 Å². The summed E-state index contributed by atoms with van der Waals surface area (Å²) in [6.45, 7) is 9.49. The molecule has 2 aliphatic rings. The van der Waals surface area contributed by atoms with Crippen molar-refractivity contribution in [3.63, 3.8) is 0 Å². The smallest absolute Gasteiger partial charge is 0.0136 e. The van der Waals surface area contributed by atoms with Crippen LogP contribution in [-0.2, 0) is 0 Å². The van der Waals surface area contributed by atoms with Crippen LogP contribution in [0.3, 0.4) is 0 Å². The van der Waals surface area contributed by atoms with E-state index in [0.29, 0.717) is 0 Å². The van der Waals surface area contributed by atoms with Crippen LogP contribution in [0.2, 0.25) is 0 Å². The summed E-state index contributed by atoms with van der Waals surface area (Å²) in [5, 5.41) is 0. The van der Waals surface area contributed by atoms with Gasteiger partial charge >= 0.3 is 0 Å². The zero-order valence-corrected chi connectivity index (χ0v) is 9.77. The summed E-state index contributed by atoms with van der Waals surface area (Å²) in [7, 11) is 0. The van der Waals surface area contributed by atoms with Gasteiger partial charge in [0.05, 0.1) is 0 Å². The highest BCUT2D eigenvalue weighted by Crippen LogP contribution is 2.43. The van der Waals surface area contributed by atoms with E-state index in [-0.39, 0.29) is 0 Å². The molecule has 0 saturated carbocycles. The maximum Gasteiger partial charge on any atom is -0.0136 e. The van der Waals surface area contributed by atoms with Gasteiger partial charge in [0.2, 0.25) is 0 Å². The number of allylic oxidation sites excluding steroid dienone is 4. The second-order valence-electron chi connectivity index (χ2n) is 5.36. The monoisotopic (exact) mass is 190 g/mol. The van der Waals surface area contributed by atoms with Gasteiger partial charge in [-0.3, -0.25) is 0 Å². The molecular weight excluding hydrogens is 168 g/mol. The zero-order chi connectivity index (χ0) is 10.3. The van der Waals surface area contributed by atoms with Crippen LogP contribution in [0.25, 0.3) is 0 Å². The Hall–Kier alpha value is -0.520. The Balaban J connectivity index is 2.28. The third-order valence-electron chi connectivity index (χ3n) is 4.59. The molecule has 6 atom stereocenters. The van der Waals surface area contributed by atoms with E-state index in [1.165, 1.54) is 0 Å². The fourth-order valence-corrected chi connectivity index (χ4v) is 2.97. The molecule has 2 aliphatic carbocycles. The lowest BCUT2D eigenvalue weighted by molar-refractivity contribution is 0.180. The van der Waals surface area contributed by atoms with Crippen molar-refractivity contribution in [2.24, 2.45) is 35.5 Å². The van der Waals surface area contributed by atoms with Crippen LogP contribution >= 0.6 is 0 Å². The van der Waals surface area contributed by atoms with Crippen molar-refractivity contribution < 1.29 is 0 Å². The van der Waals surface area contributed by atoms with Crippen LogP contribution in [0.1, 0.15) is 27.7 Å². The van der Waals surface area contributed by atoms with Crippen LogP contribution in [0.4, 0.5) is 0 Å². The maximum atomic E-state index is 2.47. The van der Waals surface area contributed by atoms with Gasteiger partial charge in [0, 0.05) is 0 Å². The number of hydrogen-bond acceptors (Lipinski definition) is 0. The molecule has 0 bridgehead atoms. The maximum absolute atomic E-state index is 2.47. The quantitative estimate of drug-likeness (QED) is 0.508. The van der Waals surface area contributed by atoms with Gasteiger partial charge in [-0.15, -0.1) is 0 Å². The lowest BCUT2D eigenvalue weighted by Gasteiger charge is -2.42. The summed E-state index contributed by atoms with van der Waals surface area (Å²) in [6.07, 6.45) is 9.79. The minimum atomic E-state index is 0.751. The van der Waals surface area contributed by atoms with Crippen molar-refractivity contribution in [3.05, 3.63) is 24.3 Å². The van der Waals surface area contributed by atoms with Gasteiger partial charge < -0.3 is 0 Å². The van der Waals surface area contributed by atoms with Crippen molar-refractivity contribution in [3.8, 4) is 0 Å².